The number of hydrogen-bond donors (Lipinski definition) is 2. The first-order valence-electron chi connectivity index (χ1n) is 32.1. The molecule has 0 bridgehead atoms. The maximum Gasteiger partial charge on any atom is 0.308 e. The second-order valence-corrected chi connectivity index (χ2v) is 22.4. The highest BCUT2D eigenvalue weighted by Gasteiger charge is 2.29. The topological polar surface area (TPSA) is 140 Å². The highest BCUT2D eigenvalue weighted by atomic mass is 16.7. The molecule has 0 aromatic rings. The number of ether oxygens (including phenoxy) is 3. The molecule has 0 amide bonds. The average Bonchev–Trinajstić information content (AvgIpc) is 3.83. The normalized spacial score (nSPS) is 14.1. The zero-order valence-corrected chi connectivity index (χ0v) is 49.8. The number of hydrogen-bond acceptors (Lipinski definition) is 8. The third-order valence-corrected chi connectivity index (χ3v) is 14.5. The van der Waals surface area contributed by atoms with E-state index in [1.807, 2.05) is 19.0 Å². The van der Waals surface area contributed by atoms with Crippen molar-refractivity contribution in [2.45, 2.75) is 361 Å². The summed E-state index contributed by atoms with van der Waals surface area (Å²) < 4.78 is 16.4. The lowest BCUT2D eigenvalue weighted by atomic mass is 10.0. The Morgan fingerprint density at radius 1 is 0.378 bits per heavy atom. The van der Waals surface area contributed by atoms with Crippen molar-refractivity contribution in [3.63, 3.8) is 0 Å². The van der Waals surface area contributed by atoms with Crippen LogP contribution in [0.2, 0.25) is 0 Å². The van der Waals surface area contributed by atoms with Crippen LogP contribution in [0.25, 0.3) is 0 Å². The maximum absolute atomic E-state index is 12.1. The van der Waals surface area contributed by atoms with E-state index in [1.165, 1.54) is 250 Å². The Morgan fingerprint density at radius 2 is 0.649 bits per heavy atom. The molecule has 2 N–H and O–H groups in total. The Balaban J connectivity index is 0. The molecule has 2 atom stereocenters. The fraction of sp³-hybridized carbons (Fsp3) is 0.938. The van der Waals surface area contributed by atoms with E-state index in [9.17, 15) is 19.2 Å². The first-order chi connectivity index (χ1) is 36.0. The Bertz CT molecular complexity index is 1140. The molecular formula is C64H125NO9. The van der Waals surface area contributed by atoms with Gasteiger partial charge in [0.2, 0.25) is 6.29 Å². The summed E-state index contributed by atoms with van der Waals surface area (Å²) in [5.74, 6) is -1.70. The molecule has 0 aliphatic carbocycles. The lowest BCUT2D eigenvalue weighted by molar-refractivity contribution is -0.180. The molecule has 1 aliphatic heterocycles. The Hall–Kier alpha value is -2.20. The molecular weight excluding hydrogens is 927 g/mol. The molecule has 1 saturated heterocycles. The Morgan fingerprint density at radius 3 is 0.919 bits per heavy atom. The number of carboxylic acids is 2. The summed E-state index contributed by atoms with van der Waals surface area (Å²) in [6, 6.07) is 0. The predicted molar refractivity (Wildman–Crippen MR) is 312 cm³/mol. The molecule has 0 aromatic carbocycles. The van der Waals surface area contributed by atoms with Crippen LogP contribution in [0.15, 0.2) is 0 Å². The monoisotopic (exact) mass is 1050 g/mol. The van der Waals surface area contributed by atoms with Gasteiger partial charge in [0, 0.05) is 32.2 Å². The summed E-state index contributed by atoms with van der Waals surface area (Å²) in [5, 5.41) is 17.0. The second-order valence-electron chi connectivity index (χ2n) is 22.4. The summed E-state index contributed by atoms with van der Waals surface area (Å²) in [4.78, 5) is 46.4. The summed E-state index contributed by atoms with van der Waals surface area (Å²) in [6.07, 6.45) is 61.7. The van der Waals surface area contributed by atoms with Gasteiger partial charge in [-0.3, -0.25) is 19.2 Å². The van der Waals surface area contributed by atoms with Gasteiger partial charge < -0.3 is 29.3 Å². The molecule has 0 saturated carbocycles. The fourth-order valence-electron chi connectivity index (χ4n) is 9.60. The molecule has 0 aromatic heterocycles. The van der Waals surface area contributed by atoms with Gasteiger partial charge in [-0.05, 0) is 39.8 Å². The van der Waals surface area contributed by atoms with Crippen molar-refractivity contribution in [3.05, 3.63) is 0 Å². The van der Waals surface area contributed by atoms with Gasteiger partial charge in [-0.15, -0.1) is 0 Å². The predicted octanol–water partition coefficient (Wildman–Crippen LogP) is 19.5. The maximum atomic E-state index is 12.1. The van der Waals surface area contributed by atoms with E-state index in [2.05, 4.69) is 20.8 Å². The van der Waals surface area contributed by atoms with Crippen LogP contribution in [0, 0.1) is 0 Å². The van der Waals surface area contributed by atoms with Gasteiger partial charge in [-0.25, -0.2) is 0 Å². The van der Waals surface area contributed by atoms with Crippen molar-refractivity contribution in [3.8, 4) is 0 Å². The van der Waals surface area contributed by atoms with Crippen LogP contribution < -0.4 is 0 Å². The van der Waals surface area contributed by atoms with Gasteiger partial charge in [-0.2, -0.15) is 0 Å². The SMILES string of the molecule is CCCCCCCCCCCCCCCCCC(=O)O.CCCCCCCCCCCCCCCCCC(=O)O.CCCCCCCCCCCCCCCCCC(=O)O[C@H]1CC[C@@H](COC(=O)CCN(C)C)O1. The van der Waals surface area contributed by atoms with Crippen molar-refractivity contribution < 1.29 is 43.6 Å². The molecule has 1 rings (SSSR count). The van der Waals surface area contributed by atoms with Gasteiger partial charge in [0.1, 0.15) is 6.61 Å². The molecule has 1 aliphatic rings. The standard InChI is InChI=1S/C28H53NO5.2C18H36O2/c1-4-5-6-7-8-9-10-11-12-13-14-15-16-17-18-19-27(31)34-28-21-20-25(33-28)24-32-26(30)22-23-29(2)3;2*1-2-3-4-5-6-7-8-9-10-11-12-13-14-15-16-17-18(19)20/h25,28H,4-24H2,1-3H3;2*2-17H2,1H3,(H,19,20)/t25-,28-;;/m0../s1. The van der Waals surface area contributed by atoms with Crippen molar-refractivity contribution in [1.82, 2.24) is 4.90 Å². The van der Waals surface area contributed by atoms with E-state index >= 15 is 0 Å². The lowest BCUT2D eigenvalue weighted by Gasteiger charge is -2.15. The van der Waals surface area contributed by atoms with Crippen molar-refractivity contribution in [2.24, 2.45) is 0 Å². The number of aliphatic carboxylic acids is 2. The van der Waals surface area contributed by atoms with Crippen molar-refractivity contribution in [2.75, 3.05) is 27.2 Å². The number of rotatable bonds is 54. The van der Waals surface area contributed by atoms with Crippen LogP contribution in [-0.4, -0.2) is 78.6 Å². The smallest absolute Gasteiger partial charge is 0.308 e. The van der Waals surface area contributed by atoms with E-state index < -0.39 is 18.2 Å². The van der Waals surface area contributed by atoms with Gasteiger partial charge in [0.15, 0.2) is 0 Å². The second kappa shape index (κ2) is 61.7. The molecule has 10 nitrogen and oxygen atoms in total. The molecule has 0 unspecified atom stereocenters. The van der Waals surface area contributed by atoms with E-state index in [0.29, 0.717) is 38.6 Å². The largest absolute Gasteiger partial charge is 0.481 e. The van der Waals surface area contributed by atoms with Gasteiger partial charge in [-0.1, -0.05) is 290 Å². The molecule has 74 heavy (non-hydrogen) atoms. The number of carboxylic acid groups (broad SMARTS) is 2. The summed E-state index contributed by atoms with van der Waals surface area (Å²) in [6.45, 7) is 7.72. The van der Waals surface area contributed by atoms with Crippen LogP contribution in [-0.2, 0) is 33.4 Å². The van der Waals surface area contributed by atoms with Gasteiger partial charge >= 0.3 is 23.9 Å². The number of nitrogens with zero attached hydrogens (tertiary/aromatic N) is 1. The van der Waals surface area contributed by atoms with E-state index in [-0.39, 0.29) is 24.6 Å². The molecule has 0 radical (unpaired) electrons. The quantitative estimate of drug-likeness (QED) is 0.0447. The summed E-state index contributed by atoms with van der Waals surface area (Å²) in [5.41, 5.74) is 0. The molecule has 0 spiro atoms. The number of esters is 2. The minimum Gasteiger partial charge on any atom is -0.481 e. The van der Waals surface area contributed by atoms with E-state index in [4.69, 9.17) is 24.4 Å². The minimum absolute atomic E-state index is 0.174. The number of unbranched alkanes of at least 4 members (excludes halogenated alkanes) is 42. The lowest BCUT2D eigenvalue weighted by Crippen LogP contribution is -2.24. The van der Waals surface area contributed by atoms with Crippen LogP contribution in [0.5, 0.6) is 0 Å². The average molecular weight is 1050 g/mol. The van der Waals surface area contributed by atoms with E-state index in [0.717, 1.165) is 44.9 Å². The zero-order chi connectivity index (χ0) is 54.6. The summed E-state index contributed by atoms with van der Waals surface area (Å²) in [7, 11) is 3.84. The molecule has 1 fully saturated rings. The number of carbonyl (C=O) groups excluding carboxylic acids is 2. The fourth-order valence-corrected chi connectivity index (χ4v) is 9.60. The first kappa shape index (κ1) is 73.9. The third kappa shape index (κ3) is 64.1. The third-order valence-electron chi connectivity index (χ3n) is 14.5. The van der Waals surface area contributed by atoms with Crippen molar-refractivity contribution >= 4 is 23.9 Å². The minimum atomic E-state index is -0.653. The van der Waals surface area contributed by atoms with Gasteiger partial charge in [0.05, 0.1) is 12.5 Å². The van der Waals surface area contributed by atoms with Crippen LogP contribution >= 0.6 is 0 Å². The van der Waals surface area contributed by atoms with Crippen LogP contribution in [0.1, 0.15) is 348 Å². The highest BCUT2D eigenvalue weighted by Crippen LogP contribution is 2.23. The molecule has 10 heteroatoms. The first-order valence-corrected chi connectivity index (χ1v) is 32.1. The number of carbonyl (C=O) groups is 4. The van der Waals surface area contributed by atoms with Crippen LogP contribution in [0.4, 0.5) is 0 Å². The molecule has 440 valence electrons. The Labute approximate surface area is 458 Å². The zero-order valence-electron chi connectivity index (χ0n) is 49.8. The highest BCUT2D eigenvalue weighted by molar-refractivity contribution is 5.70. The Kier molecular flexibility index (Phi) is 61.5. The van der Waals surface area contributed by atoms with Crippen LogP contribution in [0.3, 0.4) is 0 Å². The summed E-state index contributed by atoms with van der Waals surface area (Å²) >= 11 is 0. The van der Waals surface area contributed by atoms with Crippen molar-refractivity contribution in [1.29, 1.82) is 0 Å². The van der Waals surface area contributed by atoms with E-state index in [1.54, 1.807) is 0 Å². The molecule has 1 heterocycles. The van der Waals surface area contributed by atoms with Gasteiger partial charge in [0.25, 0.3) is 0 Å².